The van der Waals surface area contributed by atoms with E-state index in [-0.39, 0.29) is 30.6 Å². The first-order chi connectivity index (χ1) is 20.0. The van der Waals surface area contributed by atoms with E-state index < -0.39 is 23.5 Å². The zero-order chi connectivity index (χ0) is 28.8. The Bertz CT molecular complexity index is 1330. The van der Waals surface area contributed by atoms with Crippen molar-refractivity contribution in [3.63, 3.8) is 0 Å². The summed E-state index contributed by atoms with van der Waals surface area (Å²) in [6.07, 6.45) is 5.16. The largest absolute Gasteiger partial charge is 0.488 e. The number of nitrogens with zero attached hydrogens (tertiary/aromatic N) is 3. The van der Waals surface area contributed by atoms with Crippen LogP contribution in [0.5, 0.6) is 5.75 Å². The third kappa shape index (κ3) is 6.35. The van der Waals surface area contributed by atoms with Gasteiger partial charge < -0.3 is 29.6 Å². The van der Waals surface area contributed by atoms with Crippen molar-refractivity contribution in [2.24, 2.45) is 0 Å². The standard InChI is InChI=1S/C30H35F2N5O4/c1-40-30(39)35-24-12-5-6-13-25(24)37-19-34-26(27(37)20-8-3-2-4-9-20)29(38)36-16-15-33-18-21(36)14-17-41-28-22(31)10-7-11-23(28)32/h2-4,7-11,19,21,24-25,33H,5-6,12-18H2,1H3,(H,35,39)/t21-,24+,25+/m1/s1. The molecule has 218 valence electrons. The highest BCUT2D eigenvalue weighted by Crippen LogP contribution is 2.35. The topological polar surface area (TPSA) is 97.7 Å². The van der Waals surface area contributed by atoms with Crippen LogP contribution in [0.15, 0.2) is 54.9 Å². The van der Waals surface area contributed by atoms with E-state index in [2.05, 4.69) is 15.6 Å². The first kappa shape index (κ1) is 28.5. The Morgan fingerprint density at radius 3 is 2.59 bits per heavy atom. The molecule has 1 saturated heterocycles. The summed E-state index contributed by atoms with van der Waals surface area (Å²) in [4.78, 5) is 32.6. The number of imidazole rings is 1. The molecule has 9 nitrogen and oxygen atoms in total. The van der Waals surface area contributed by atoms with Gasteiger partial charge in [0.05, 0.1) is 37.8 Å². The Hall–Kier alpha value is -3.99. The van der Waals surface area contributed by atoms with Gasteiger partial charge in [-0.25, -0.2) is 18.6 Å². The minimum Gasteiger partial charge on any atom is -0.488 e. The number of rotatable bonds is 8. The molecule has 0 spiro atoms. The zero-order valence-corrected chi connectivity index (χ0v) is 23.0. The average molecular weight is 568 g/mol. The highest BCUT2D eigenvalue weighted by molar-refractivity contribution is 5.98. The first-order valence-corrected chi connectivity index (χ1v) is 14.0. The van der Waals surface area contributed by atoms with E-state index in [1.165, 1.54) is 13.2 Å². The van der Waals surface area contributed by atoms with Crippen LogP contribution in [-0.4, -0.2) is 71.9 Å². The second kappa shape index (κ2) is 13.1. The van der Waals surface area contributed by atoms with Crippen molar-refractivity contribution in [1.29, 1.82) is 0 Å². The van der Waals surface area contributed by atoms with Gasteiger partial charge in [0.25, 0.3) is 5.91 Å². The molecule has 1 aliphatic heterocycles. The fraction of sp³-hybridized carbons (Fsp3) is 0.433. The van der Waals surface area contributed by atoms with Gasteiger partial charge in [-0.3, -0.25) is 4.79 Å². The molecule has 5 rings (SSSR count). The SMILES string of the molecule is COC(=O)N[C@H]1CCCC[C@@H]1n1cnc(C(=O)N2CCNC[C@H]2CCOc2c(F)cccc2F)c1-c1ccccc1. The lowest BCUT2D eigenvalue weighted by atomic mass is 9.89. The average Bonchev–Trinajstić information content (AvgIpc) is 3.44. The van der Waals surface area contributed by atoms with Crippen molar-refractivity contribution in [3.8, 4) is 17.0 Å². The summed E-state index contributed by atoms with van der Waals surface area (Å²) in [6.45, 7) is 1.62. The first-order valence-electron chi connectivity index (χ1n) is 14.0. The van der Waals surface area contributed by atoms with Crippen molar-refractivity contribution in [2.45, 2.75) is 50.2 Å². The predicted octanol–water partition coefficient (Wildman–Crippen LogP) is 4.55. The molecule has 3 atom stereocenters. The van der Waals surface area contributed by atoms with Crippen LogP contribution in [0.4, 0.5) is 13.6 Å². The number of ether oxygens (including phenoxy) is 2. The van der Waals surface area contributed by atoms with Gasteiger partial charge in [0.15, 0.2) is 23.1 Å². The predicted molar refractivity (Wildman–Crippen MR) is 149 cm³/mol. The number of nitrogens with one attached hydrogen (secondary N) is 2. The van der Waals surface area contributed by atoms with E-state index in [0.717, 1.165) is 43.4 Å². The Labute approximate surface area is 237 Å². The van der Waals surface area contributed by atoms with Crippen LogP contribution in [0, 0.1) is 11.6 Å². The molecule has 1 aliphatic carbocycles. The highest BCUT2D eigenvalue weighted by Gasteiger charge is 2.35. The molecule has 2 aliphatic rings. The number of benzene rings is 2. The van der Waals surface area contributed by atoms with Gasteiger partial charge in [-0.05, 0) is 25.0 Å². The van der Waals surface area contributed by atoms with E-state index in [4.69, 9.17) is 9.47 Å². The molecule has 1 saturated carbocycles. The smallest absolute Gasteiger partial charge is 0.407 e. The van der Waals surface area contributed by atoms with Crippen LogP contribution in [0.3, 0.4) is 0 Å². The number of hydrogen-bond acceptors (Lipinski definition) is 6. The summed E-state index contributed by atoms with van der Waals surface area (Å²) in [6, 6.07) is 12.7. The number of amides is 2. The van der Waals surface area contributed by atoms with Gasteiger partial charge in [0.2, 0.25) is 0 Å². The van der Waals surface area contributed by atoms with Gasteiger partial charge >= 0.3 is 6.09 Å². The van der Waals surface area contributed by atoms with Crippen LogP contribution < -0.4 is 15.4 Å². The number of halogens is 2. The molecule has 1 aromatic heterocycles. The van der Waals surface area contributed by atoms with Gasteiger partial charge in [-0.1, -0.05) is 49.2 Å². The van der Waals surface area contributed by atoms with Gasteiger partial charge in [-0.2, -0.15) is 0 Å². The van der Waals surface area contributed by atoms with Crippen LogP contribution in [-0.2, 0) is 4.74 Å². The Morgan fingerprint density at radius 1 is 1.07 bits per heavy atom. The maximum absolute atomic E-state index is 14.1. The molecule has 2 heterocycles. The third-order valence-electron chi connectivity index (χ3n) is 7.85. The van der Waals surface area contributed by atoms with Crippen molar-refractivity contribution in [1.82, 2.24) is 25.1 Å². The third-order valence-corrected chi connectivity index (χ3v) is 7.85. The molecule has 2 amide bonds. The van der Waals surface area contributed by atoms with Gasteiger partial charge in [0, 0.05) is 37.7 Å². The van der Waals surface area contributed by atoms with Crippen LogP contribution >= 0.6 is 0 Å². The second-order valence-corrected chi connectivity index (χ2v) is 10.4. The lowest BCUT2D eigenvalue weighted by Gasteiger charge is -2.36. The number of carbonyl (C=O) groups is 2. The normalized spacial score (nSPS) is 20.9. The second-order valence-electron chi connectivity index (χ2n) is 10.4. The minimum atomic E-state index is -0.763. The molecule has 2 fully saturated rings. The van der Waals surface area contributed by atoms with Crippen LogP contribution in [0.2, 0.25) is 0 Å². The van der Waals surface area contributed by atoms with Crippen molar-refractivity contribution >= 4 is 12.0 Å². The summed E-state index contributed by atoms with van der Waals surface area (Å²) >= 11 is 0. The summed E-state index contributed by atoms with van der Waals surface area (Å²) in [5.74, 6) is -2.16. The number of para-hydroxylation sites is 1. The monoisotopic (exact) mass is 567 g/mol. The molecule has 0 unspecified atom stereocenters. The summed E-state index contributed by atoms with van der Waals surface area (Å²) < 4.78 is 40.4. The molecule has 41 heavy (non-hydrogen) atoms. The maximum Gasteiger partial charge on any atom is 0.407 e. The fourth-order valence-electron chi connectivity index (χ4n) is 5.81. The van der Waals surface area contributed by atoms with E-state index in [9.17, 15) is 18.4 Å². The molecular weight excluding hydrogens is 532 g/mol. The molecule has 2 aromatic carbocycles. The summed E-state index contributed by atoms with van der Waals surface area (Å²) in [5, 5.41) is 6.27. The Morgan fingerprint density at radius 2 is 1.83 bits per heavy atom. The molecule has 11 heteroatoms. The fourth-order valence-corrected chi connectivity index (χ4v) is 5.81. The van der Waals surface area contributed by atoms with E-state index in [1.807, 2.05) is 34.9 Å². The summed E-state index contributed by atoms with van der Waals surface area (Å²) in [7, 11) is 1.35. The number of hydrogen-bond donors (Lipinski definition) is 2. The van der Waals surface area contributed by atoms with Crippen molar-refractivity contribution in [3.05, 3.63) is 72.2 Å². The molecule has 2 N–H and O–H groups in total. The highest BCUT2D eigenvalue weighted by atomic mass is 19.1. The van der Waals surface area contributed by atoms with E-state index in [1.54, 1.807) is 11.2 Å². The lowest BCUT2D eigenvalue weighted by Crippen LogP contribution is -2.54. The van der Waals surface area contributed by atoms with Gasteiger partial charge in [-0.15, -0.1) is 0 Å². The number of methoxy groups -OCH3 is 1. The van der Waals surface area contributed by atoms with E-state index in [0.29, 0.717) is 37.4 Å². The Balaban J connectivity index is 1.41. The lowest BCUT2D eigenvalue weighted by molar-refractivity contribution is 0.0599. The number of piperazine rings is 1. The van der Waals surface area contributed by atoms with E-state index >= 15 is 0 Å². The maximum atomic E-state index is 14.1. The Kier molecular flexibility index (Phi) is 9.13. The van der Waals surface area contributed by atoms with Crippen molar-refractivity contribution < 1.29 is 27.8 Å². The number of alkyl carbamates (subject to hydrolysis) is 1. The molecular formula is C30H35F2N5O4. The molecule has 0 bridgehead atoms. The minimum absolute atomic E-state index is 0.0386. The van der Waals surface area contributed by atoms with Crippen LogP contribution in [0.25, 0.3) is 11.3 Å². The van der Waals surface area contributed by atoms with Crippen molar-refractivity contribution in [2.75, 3.05) is 33.4 Å². The van der Waals surface area contributed by atoms with Crippen LogP contribution in [0.1, 0.15) is 48.6 Å². The van der Waals surface area contributed by atoms with Gasteiger partial charge in [0.1, 0.15) is 0 Å². The quantitative estimate of drug-likeness (QED) is 0.415. The summed E-state index contributed by atoms with van der Waals surface area (Å²) in [5.41, 5.74) is 1.87. The molecule has 0 radical (unpaired) electrons. The zero-order valence-electron chi connectivity index (χ0n) is 23.0. The molecule has 3 aromatic rings. The number of aromatic nitrogens is 2. The number of carbonyl (C=O) groups excluding carboxylic acids is 2.